The average Bonchev–Trinajstić information content (AvgIpc) is 2.46. The smallest absolute Gasteiger partial charge is 0.262 e. The van der Waals surface area contributed by atoms with Crippen molar-refractivity contribution in [2.45, 2.75) is 0 Å². The molecule has 1 N–H and O–H groups in total. The first kappa shape index (κ1) is 16.3. The Morgan fingerprint density at radius 1 is 1.36 bits per heavy atom. The highest BCUT2D eigenvalue weighted by molar-refractivity contribution is 9.10. The topological polar surface area (TPSA) is 62.1 Å². The minimum atomic E-state index is -0.407. The standard InChI is InChI=1S/C15H9BrClFN2O2/c16-12-5-10(18)2-4-14(12)22-8-15(21)20-11-3-1-9(7-19)13(17)6-11/h1-6H,8H2,(H,20,21). The van der Waals surface area contributed by atoms with Crippen LogP contribution in [0.5, 0.6) is 5.75 Å². The molecule has 0 spiro atoms. The Balaban J connectivity index is 1.96. The number of nitrogens with one attached hydrogen (secondary N) is 1. The van der Waals surface area contributed by atoms with Crippen LogP contribution in [0, 0.1) is 17.1 Å². The second-order valence-corrected chi connectivity index (χ2v) is 5.48. The van der Waals surface area contributed by atoms with Crippen molar-refractivity contribution in [1.29, 1.82) is 5.26 Å². The van der Waals surface area contributed by atoms with Gasteiger partial charge in [0.25, 0.3) is 5.91 Å². The van der Waals surface area contributed by atoms with E-state index >= 15 is 0 Å². The summed E-state index contributed by atoms with van der Waals surface area (Å²) in [4.78, 5) is 11.8. The number of carbonyl (C=O) groups excluding carboxylic acids is 1. The molecule has 112 valence electrons. The fraction of sp³-hybridized carbons (Fsp3) is 0.0667. The fourth-order valence-corrected chi connectivity index (χ4v) is 2.30. The molecule has 1 amide bonds. The third-order valence-electron chi connectivity index (χ3n) is 2.63. The molecule has 2 rings (SSSR count). The zero-order valence-electron chi connectivity index (χ0n) is 11.1. The number of carbonyl (C=O) groups is 1. The lowest BCUT2D eigenvalue weighted by molar-refractivity contribution is -0.118. The number of benzene rings is 2. The number of hydrogen-bond donors (Lipinski definition) is 1. The highest BCUT2D eigenvalue weighted by Gasteiger charge is 2.08. The molecule has 0 atom stereocenters. The molecule has 0 aromatic heterocycles. The van der Waals surface area contributed by atoms with Gasteiger partial charge < -0.3 is 10.1 Å². The first-order valence-electron chi connectivity index (χ1n) is 6.07. The number of rotatable bonds is 4. The summed E-state index contributed by atoms with van der Waals surface area (Å²) in [6.07, 6.45) is 0. The van der Waals surface area contributed by atoms with Crippen LogP contribution in [0.3, 0.4) is 0 Å². The first-order chi connectivity index (χ1) is 10.5. The molecule has 0 saturated carbocycles. The predicted molar refractivity (Wildman–Crippen MR) is 84.4 cm³/mol. The molecule has 2 aromatic rings. The van der Waals surface area contributed by atoms with Gasteiger partial charge in [0, 0.05) is 5.69 Å². The molecule has 0 bridgehead atoms. The van der Waals surface area contributed by atoms with Gasteiger partial charge in [-0.2, -0.15) is 5.26 Å². The van der Waals surface area contributed by atoms with Crippen molar-refractivity contribution in [3.05, 3.63) is 57.3 Å². The van der Waals surface area contributed by atoms with Gasteiger partial charge in [-0.3, -0.25) is 4.79 Å². The maximum absolute atomic E-state index is 12.9. The van der Waals surface area contributed by atoms with E-state index in [-0.39, 0.29) is 11.6 Å². The second-order valence-electron chi connectivity index (χ2n) is 4.22. The molecular weight excluding hydrogens is 375 g/mol. The zero-order chi connectivity index (χ0) is 16.1. The quantitative estimate of drug-likeness (QED) is 0.863. The van der Waals surface area contributed by atoms with Crippen LogP contribution in [-0.4, -0.2) is 12.5 Å². The summed E-state index contributed by atoms with van der Waals surface area (Å²) in [6, 6.07) is 10.4. The number of ether oxygens (including phenoxy) is 1. The molecule has 0 heterocycles. The first-order valence-corrected chi connectivity index (χ1v) is 7.24. The van der Waals surface area contributed by atoms with Gasteiger partial charge in [-0.15, -0.1) is 0 Å². The molecule has 7 heteroatoms. The van der Waals surface area contributed by atoms with Crippen LogP contribution in [0.1, 0.15) is 5.56 Å². The molecule has 0 unspecified atom stereocenters. The van der Waals surface area contributed by atoms with E-state index < -0.39 is 11.7 Å². The van der Waals surface area contributed by atoms with Gasteiger partial charge in [-0.1, -0.05) is 11.6 Å². The van der Waals surface area contributed by atoms with E-state index in [2.05, 4.69) is 21.2 Å². The van der Waals surface area contributed by atoms with Crippen molar-refractivity contribution in [2.24, 2.45) is 0 Å². The Hall–Kier alpha value is -2.10. The van der Waals surface area contributed by atoms with E-state index in [1.807, 2.05) is 6.07 Å². The van der Waals surface area contributed by atoms with E-state index in [0.717, 1.165) is 0 Å². The molecule has 4 nitrogen and oxygen atoms in total. The van der Waals surface area contributed by atoms with E-state index in [4.69, 9.17) is 21.6 Å². The predicted octanol–water partition coefficient (Wildman–Crippen LogP) is 4.13. The fourth-order valence-electron chi connectivity index (χ4n) is 1.62. The molecule has 0 saturated heterocycles. The minimum absolute atomic E-state index is 0.248. The number of nitrogens with zero attached hydrogens (tertiary/aromatic N) is 1. The average molecular weight is 384 g/mol. The van der Waals surface area contributed by atoms with Gasteiger partial charge in [-0.25, -0.2) is 4.39 Å². The summed E-state index contributed by atoms with van der Waals surface area (Å²) in [5, 5.41) is 11.6. The summed E-state index contributed by atoms with van der Waals surface area (Å²) >= 11 is 9.02. The molecule has 22 heavy (non-hydrogen) atoms. The van der Waals surface area contributed by atoms with Crippen LogP contribution in [-0.2, 0) is 4.79 Å². The molecule has 0 fully saturated rings. The normalized spacial score (nSPS) is 9.91. The second kappa shape index (κ2) is 7.25. The van der Waals surface area contributed by atoms with Gasteiger partial charge in [0.2, 0.25) is 0 Å². The largest absolute Gasteiger partial charge is 0.483 e. The molecule has 0 radical (unpaired) electrons. The molecule has 0 aliphatic heterocycles. The van der Waals surface area contributed by atoms with E-state index in [9.17, 15) is 9.18 Å². The monoisotopic (exact) mass is 382 g/mol. The van der Waals surface area contributed by atoms with Crippen molar-refractivity contribution in [2.75, 3.05) is 11.9 Å². The van der Waals surface area contributed by atoms with Crippen molar-refractivity contribution < 1.29 is 13.9 Å². The Morgan fingerprint density at radius 2 is 2.14 bits per heavy atom. The number of halogens is 3. The van der Waals surface area contributed by atoms with Crippen molar-refractivity contribution >= 4 is 39.1 Å². The summed E-state index contributed by atoms with van der Waals surface area (Å²) in [5.41, 5.74) is 0.780. The van der Waals surface area contributed by atoms with Gasteiger partial charge in [0.05, 0.1) is 15.1 Å². The van der Waals surface area contributed by atoms with Crippen molar-refractivity contribution in [3.63, 3.8) is 0 Å². The highest BCUT2D eigenvalue weighted by atomic mass is 79.9. The lowest BCUT2D eigenvalue weighted by Gasteiger charge is -2.09. The summed E-state index contributed by atoms with van der Waals surface area (Å²) in [6.45, 7) is -0.248. The Kier molecular flexibility index (Phi) is 5.36. The van der Waals surface area contributed by atoms with Crippen LogP contribution in [0.15, 0.2) is 40.9 Å². The van der Waals surface area contributed by atoms with Crippen molar-refractivity contribution in [3.8, 4) is 11.8 Å². The lowest BCUT2D eigenvalue weighted by atomic mass is 10.2. The van der Waals surface area contributed by atoms with E-state index in [1.165, 1.54) is 30.3 Å². The molecular formula is C15H9BrClFN2O2. The summed E-state index contributed by atoms with van der Waals surface area (Å²) in [5.74, 6) is -0.456. The Labute approximate surface area is 139 Å². The third kappa shape index (κ3) is 4.20. The highest BCUT2D eigenvalue weighted by Crippen LogP contribution is 2.25. The Bertz CT molecular complexity index is 762. The molecule has 0 aliphatic carbocycles. The third-order valence-corrected chi connectivity index (χ3v) is 3.56. The Morgan fingerprint density at radius 3 is 2.77 bits per heavy atom. The SMILES string of the molecule is N#Cc1ccc(NC(=O)COc2ccc(F)cc2Br)cc1Cl. The summed E-state index contributed by atoms with van der Waals surface area (Å²) in [7, 11) is 0. The maximum Gasteiger partial charge on any atom is 0.262 e. The van der Waals surface area contributed by atoms with Gasteiger partial charge in [0.1, 0.15) is 17.6 Å². The van der Waals surface area contributed by atoms with Crippen LogP contribution < -0.4 is 10.1 Å². The van der Waals surface area contributed by atoms with Gasteiger partial charge in [-0.05, 0) is 52.3 Å². The molecule has 2 aromatic carbocycles. The number of anilines is 1. The van der Waals surface area contributed by atoms with Crippen molar-refractivity contribution in [1.82, 2.24) is 0 Å². The zero-order valence-corrected chi connectivity index (χ0v) is 13.4. The van der Waals surface area contributed by atoms with Crippen LogP contribution in [0.25, 0.3) is 0 Å². The maximum atomic E-state index is 12.9. The number of hydrogen-bond acceptors (Lipinski definition) is 3. The summed E-state index contributed by atoms with van der Waals surface area (Å²) < 4.78 is 18.6. The van der Waals surface area contributed by atoms with E-state index in [1.54, 1.807) is 6.07 Å². The van der Waals surface area contributed by atoms with E-state index in [0.29, 0.717) is 21.5 Å². The lowest BCUT2D eigenvalue weighted by Crippen LogP contribution is -2.20. The van der Waals surface area contributed by atoms with Crippen LogP contribution in [0.2, 0.25) is 5.02 Å². The van der Waals surface area contributed by atoms with Gasteiger partial charge >= 0.3 is 0 Å². The number of nitriles is 1. The van der Waals surface area contributed by atoms with Crippen LogP contribution >= 0.6 is 27.5 Å². The van der Waals surface area contributed by atoms with Crippen LogP contribution in [0.4, 0.5) is 10.1 Å². The number of amides is 1. The minimum Gasteiger partial charge on any atom is -0.483 e. The van der Waals surface area contributed by atoms with Gasteiger partial charge in [0.15, 0.2) is 6.61 Å². The molecule has 0 aliphatic rings.